The van der Waals surface area contributed by atoms with Gasteiger partial charge in [0.15, 0.2) is 0 Å². The second-order valence-corrected chi connectivity index (χ2v) is 4.91. The lowest BCUT2D eigenvalue weighted by Gasteiger charge is -2.13. The number of nitrogens with two attached hydrogens (primary N) is 1. The summed E-state index contributed by atoms with van der Waals surface area (Å²) in [6.07, 6.45) is 0. The summed E-state index contributed by atoms with van der Waals surface area (Å²) in [5.74, 6) is 0. The van der Waals surface area contributed by atoms with E-state index in [2.05, 4.69) is 6.07 Å². The van der Waals surface area contributed by atoms with E-state index >= 15 is 0 Å². The first kappa shape index (κ1) is 13.5. The molecule has 1 aromatic heterocycles. The van der Waals surface area contributed by atoms with Crippen LogP contribution in [0.5, 0.6) is 0 Å². The molecule has 0 fully saturated rings. The Morgan fingerprint density at radius 2 is 2.06 bits per heavy atom. The smallest absolute Gasteiger partial charge is 0.0648 e. The molecule has 2 rings (SSSR count). The van der Waals surface area contributed by atoms with Crippen LogP contribution in [-0.4, -0.2) is 0 Å². The van der Waals surface area contributed by atoms with Crippen LogP contribution in [0.3, 0.4) is 0 Å². The standard InChI is InChI=1S/C12H12ClNS.ClH/c1-8-7-9(13)4-5-10(8)12(14)11-3-2-6-15-11;/h2-7,12H,14H2,1H3;1H/t12-;/m1./s1. The normalized spacial score (nSPS) is 11.9. The molecule has 0 aliphatic carbocycles. The van der Waals surface area contributed by atoms with Gasteiger partial charge in [-0.2, -0.15) is 0 Å². The van der Waals surface area contributed by atoms with Crippen molar-refractivity contribution in [2.75, 3.05) is 0 Å². The second-order valence-electron chi connectivity index (χ2n) is 3.49. The first-order valence-electron chi connectivity index (χ1n) is 4.73. The summed E-state index contributed by atoms with van der Waals surface area (Å²) in [7, 11) is 0. The average molecular weight is 274 g/mol. The van der Waals surface area contributed by atoms with E-state index in [-0.39, 0.29) is 18.4 Å². The Morgan fingerprint density at radius 1 is 1.31 bits per heavy atom. The van der Waals surface area contributed by atoms with Gasteiger partial charge in [-0.3, -0.25) is 0 Å². The molecule has 0 aliphatic heterocycles. The minimum absolute atomic E-state index is 0. The minimum Gasteiger partial charge on any atom is -0.320 e. The molecule has 0 saturated carbocycles. The van der Waals surface area contributed by atoms with E-state index in [0.29, 0.717) is 0 Å². The van der Waals surface area contributed by atoms with Crippen LogP contribution in [0.1, 0.15) is 22.0 Å². The lowest BCUT2D eigenvalue weighted by atomic mass is 10.0. The Balaban J connectivity index is 0.00000128. The van der Waals surface area contributed by atoms with Gasteiger partial charge in [0.05, 0.1) is 6.04 Å². The molecule has 0 spiro atoms. The highest BCUT2D eigenvalue weighted by molar-refractivity contribution is 7.10. The number of benzene rings is 1. The van der Waals surface area contributed by atoms with Crippen LogP contribution in [-0.2, 0) is 0 Å². The zero-order valence-electron chi connectivity index (χ0n) is 8.81. The molecule has 16 heavy (non-hydrogen) atoms. The largest absolute Gasteiger partial charge is 0.320 e. The van der Waals surface area contributed by atoms with Gasteiger partial charge in [0.25, 0.3) is 0 Å². The number of rotatable bonds is 2. The van der Waals surface area contributed by atoms with E-state index in [1.165, 1.54) is 4.88 Å². The highest BCUT2D eigenvalue weighted by Gasteiger charge is 2.11. The Kier molecular flexibility index (Phi) is 4.81. The Bertz CT molecular complexity index is 454. The SMILES string of the molecule is Cc1cc(Cl)ccc1[C@@H](N)c1cccs1.Cl. The summed E-state index contributed by atoms with van der Waals surface area (Å²) < 4.78 is 0. The maximum absolute atomic E-state index is 6.18. The average Bonchev–Trinajstić information content (AvgIpc) is 2.69. The van der Waals surface area contributed by atoms with Crippen molar-refractivity contribution in [3.05, 3.63) is 56.7 Å². The van der Waals surface area contributed by atoms with E-state index in [1.807, 2.05) is 36.6 Å². The van der Waals surface area contributed by atoms with Crippen LogP contribution >= 0.6 is 35.3 Å². The molecule has 4 heteroatoms. The van der Waals surface area contributed by atoms with Crippen LogP contribution in [0, 0.1) is 6.92 Å². The van der Waals surface area contributed by atoms with Gasteiger partial charge < -0.3 is 5.73 Å². The van der Waals surface area contributed by atoms with Gasteiger partial charge in [-0.05, 0) is 41.6 Å². The highest BCUT2D eigenvalue weighted by Crippen LogP contribution is 2.27. The summed E-state index contributed by atoms with van der Waals surface area (Å²) >= 11 is 7.59. The van der Waals surface area contributed by atoms with Gasteiger partial charge in [-0.1, -0.05) is 23.7 Å². The van der Waals surface area contributed by atoms with Crippen LogP contribution in [0.25, 0.3) is 0 Å². The minimum atomic E-state index is -0.0396. The number of hydrogen-bond acceptors (Lipinski definition) is 2. The first-order chi connectivity index (χ1) is 7.18. The molecule has 86 valence electrons. The molecule has 1 atom stereocenters. The second kappa shape index (κ2) is 5.69. The Morgan fingerprint density at radius 3 is 2.62 bits per heavy atom. The maximum Gasteiger partial charge on any atom is 0.0648 e. The molecular formula is C12H13Cl2NS. The molecule has 1 heterocycles. The first-order valence-corrected chi connectivity index (χ1v) is 5.99. The third kappa shape index (κ3) is 2.77. The molecular weight excluding hydrogens is 261 g/mol. The molecule has 2 N–H and O–H groups in total. The van der Waals surface area contributed by atoms with Crippen LogP contribution < -0.4 is 5.73 Å². The van der Waals surface area contributed by atoms with Crippen molar-refractivity contribution >= 4 is 35.3 Å². The molecule has 0 bridgehead atoms. The van der Waals surface area contributed by atoms with Gasteiger partial charge in [-0.25, -0.2) is 0 Å². The Hall–Kier alpha value is -0.540. The quantitative estimate of drug-likeness (QED) is 0.873. The molecule has 0 radical (unpaired) electrons. The van der Waals surface area contributed by atoms with Gasteiger partial charge >= 0.3 is 0 Å². The van der Waals surface area contributed by atoms with Gasteiger partial charge in [0.2, 0.25) is 0 Å². The number of hydrogen-bond donors (Lipinski definition) is 1. The lowest BCUT2D eigenvalue weighted by Crippen LogP contribution is -2.11. The van der Waals surface area contributed by atoms with Crippen molar-refractivity contribution < 1.29 is 0 Å². The van der Waals surface area contributed by atoms with Gasteiger partial charge in [0.1, 0.15) is 0 Å². The molecule has 0 aliphatic rings. The highest BCUT2D eigenvalue weighted by atomic mass is 35.5. The third-order valence-corrected chi connectivity index (χ3v) is 3.61. The molecule has 1 nitrogen and oxygen atoms in total. The molecule has 2 aromatic rings. The summed E-state index contributed by atoms with van der Waals surface area (Å²) in [6.45, 7) is 2.04. The van der Waals surface area contributed by atoms with Crippen molar-refractivity contribution in [3.63, 3.8) is 0 Å². The van der Waals surface area contributed by atoms with Crippen molar-refractivity contribution in [1.29, 1.82) is 0 Å². The van der Waals surface area contributed by atoms with Crippen LogP contribution in [0.2, 0.25) is 5.02 Å². The molecule has 1 aromatic carbocycles. The fraction of sp³-hybridized carbons (Fsp3) is 0.167. The summed E-state index contributed by atoms with van der Waals surface area (Å²) in [6, 6.07) is 9.88. The van der Waals surface area contributed by atoms with E-state index in [9.17, 15) is 0 Å². The zero-order valence-corrected chi connectivity index (χ0v) is 11.2. The lowest BCUT2D eigenvalue weighted by molar-refractivity contribution is 0.883. The van der Waals surface area contributed by atoms with Crippen LogP contribution in [0.4, 0.5) is 0 Å². The zero-order chi connectivity index (χ0) is 10.8. The number of halogens is 2. The van der Waals surface area contributed by atoms with Gasteiger partial charge in [0, 0.05) is 9.90 Å². The topological polar surface area (TPSA) is 26.0 Å². The molecule has 0 unspecified atom stereocenters. The van der Waals surface area contributed by atoms with E-state index < -0.39 is 0 Å². The van der Waals surface area contributed by atoms with Crippen molar-refractivity contribution in [2.24, 2.45) is 5.73 Å². The number of thiophene rings is 1. The number of aryl methyl sites for hydroxylation is 1. The van der Waals surface area contributed by atoms with Crippen molar-refractivity contribution in [1.82, 2.24) is 0 Å². The van der Waals surface area contributed by atoms with Crippen LogP contribution in [0.15, 0.2) is 35.7 Å². The fourth-order valence-electron chi connectivity index (χ4n) is 1.61. The fourth-order valence-corrected chi connectivity index (χ4v) is 2.58. The van der Waals surface area contributed by atoms with E-state index in [0.717, 1.165) is 16.1 Å². The third-order valence-electron chi connectivity index (χ3n) is 2.42. The van der Waals surface area contributed by atoms with Gasteiger partial charge in [-0.15, -0.1) is 23.7 Å². The maximum atomic E-state index is 6.18. The van der Waals surface area contributed by atoms with Crippen molar-refractivity contribution in [2.45, 2.75) is 13.0 Å². The summed E-state index contributed by atoms with van der Waals surface area (Å²) in [4.78, 5) is 1.18. The van der Waals surface area contributed by atoms with Crippen molar-refractivity contribution in [3.8, 4) is 0 Å². The predicted octanol–water partition coefficient (Wildman–Crippen LogP) is 4.18. The predicted molar refractivity (Wildman–Crippen MR) is 73.8 cm³/mol. The molecule has 0 saturated heterocycles. The summed E-state index contributed by atoms with van der Waals surface area (Å²) in [5, 5.41) is 2.80. The van der Waals surface area contributed by atoms with E-state index in [1.54, 1.807) is 11.3 Å². The molecule has 0 amide bonds. The Labute approximate surface area is 111 Å². The monoisotopic (exact) mass is 273 g/mol. The van der Waals surface area contributed by atoms with E-state index in [4.69, 9.17) is 17.3 Å². The summed E-state index contributed by atoms with van der Waals surface area (Å²) in [5.41, 5.74) is 8.46.